The van der Waals surface area contributed by atoms with Crippen LogP contribution in [0.25, 0.3) is 11.0 Å². The predicted molar refractivity (Wildman–Crippen MR) is 111 cm³/mol. The molecule has 0 saturated carbocycles. The van der Waals surface area contributed by atoms with Gasteiger partial charge in [-0.15, -0.1) is 0 Å². The summed E-state index contributed by atoms with van der Waals surface area (Å²) in [5.74, 6) is -2.87. The third-order valence-electron chi connectivity index (χ3n) is 5.12. The summed E-state index contributed by atoms with van der Waals surface area (Å²) in [5.41, 5.74) is 1.23. The molecule has 3 rings (SSSR count). The van der Waals surface area contributed by atoms with Crippen LogP contribution >= 0.6 is 0 Å². The molecule has 1 aromatic heterocycles. The number of carboxylic acid groups (broad SMARTS) is 1. The minimum atomic E-state index is -1.23. The summed E-state index contributed by atoms with van der Waals surface area (Å²) in [6.07, 6.45) is 2.05. The number of hydrogen-bond donors (Lipinski definition) is 3. The average Bonchev–Trinajstić information content (AvgIpc) is 3.27. The minimum absolute atomic E-state index is 0.0570. The molecule has 1 aliphatic rings. The zero-order valence-corrected chi connectivity index (χ0v) is 17.4. The third-order valence-corrected chi connectivity index (χ3v) is 5.12. The van der Waals surface area contributed by atoms with Gasteiger partial charge in [0.25, 0.3) is 5.91 Å². The number of para-hydroxylation sites is 2. The smallest absolute Gasteiger partial charge is 0.305 e. The van der Waals surface area contributed by atoms with Gasteiger partial charge in [-0.1, -0.05) is 12.1 Å². The van der Waals surface area contributed by atoms with Crippen molar-refractivity contribution in [3.05, 3.63) is 36.2 Å². The zero-order chi connectivity index (χ0) is 23.3. The van der Waals surface area contributed by atoms with Crippen molar-refractivity contribution >= 4 is 41.0 Å². The number of aldehydes is 1. The van der Waals surface area contributed by atoms with Gasteiger partial charge in [0.2, 0.25) is 11.8 Å². The molecule has 2 heterocycles. The van der Waals surface area contributed by atoms with E-state index < -0.39 is 48.2 Å². The van der Waals surface area contributed by atoms with E-state index in [0.29, 0.717) is 36.7 Å². The first-order valence-corrected chi connectivity index (χ1v) is 10.1. The molecule has 1 fully saturated rings. The van der Waals surface area contributed by atoms with Crippen LogP contribution in [0.1, 0.15) is 36.7 Å². The maximum Gasteiger partial charge on any atom is 0.305 e. The first-order valence-electron chi connectivity index (χ1n) is 10.1. The summed E-state index contributed by atoms with van der Waals surface area (Å²) in [4.78, 5) is 69.6. The number of carbonyl (C=O) groups is 5. The molecular formula is C21H23N5O6. The van der Waals surface area contributed by atoms with Crippen LogP contribution in [-0.4, -0.2) is 74.6 Å². The molecule has 1 aliphatic heterocycles. The van der Waals surface area contributed by atoms with Gasteiger partial charge < -0.3 is 25.4 Å². The maximum absolute atomic E-state index is 12.9. The monoisotopic (exact) mass is 441 g/mol. The van der Waals surface area contributed by atoms with Gasteiger partial charge in [-0.2, -0.15) is 0 Å². The second-order valence-corrected chi connectivity index (χ2v) is 7.48. The first-order chi connectivity index (χ1) is 15.3. The van der Waals surface area contributed by atoms with Gasteiger partial charge in [0, 0.05) is 6.54 Å². The zero-order valence-electron chi connectivity index (χ0n) is 17.4. The van der Waals surface area contributed by atoms with E-state index in [-0.39, 0.29) is 5.69 Å². The molecule has 0 spiro atoms. The highest BCUT2D eigenvalue weighted by atomic mass is 16.4. The number of fused-ring (bicyclic) bond motifs is 1. The summed E-state index contributed by atoms with van der Waals surface area (Å²) in [6, 6.07) is 4.09. The molecule has 11 heteroatoms. The molecule has 1 saturated heterocycles. The largest absolute Gasteiger partial charge is 0.481 e. The molecule has 3 amide bonds. The Morgan fingerprint density at radius 1 is 1.22 bits per heavy atom. The topological polar surface area (TPSA) is 159 Å². The van der Waals surface area contributed by atoms with Crippen LogP contribution in [0.3, 0.4) is 0 Å². The van der Waals surface area contributed by atoms with Crippen LogP contribution in [0, 0.1) is 0 Å². The Bertz CT molecular complexity index is 1060. The number of hydrogen-bond acceptors (Lipinski definition) is 7. The van der Waals surface area contributed by atoms with Crippen molar-refractivity contribution in [1.29, 1.82) is 0 Å². The molecule has 11 nitrogen and oxygen atoms in total. The highest BCUT2D eigenvalue weighted by Crippen LogP contribution is 2.19. The van der Waals surface area contributed by atoms with E-state index in [9.17, 15) is 24.0 Å². The highest BCUT2D eigenvalue weighted by Gasteiger charge is 2.37. The Hall–Kier alpha value is -3.89. The van der Waals surface area contributed by atoms with Crippen LogP contribution in [0.4, 0.5) is 0 Å². The number of aliphatic carboxylic acids is 1. The van der Waals surface area contributed by atoms with Gasteiger partial charge in [-0.05, 0) is 31.9 Å². The van der Waals surface area contributed by atoms with E-state index in [1.54, 1.807) is 24.3 Å². The molecule has 0 bridgehead atoms. The quantitative estimate of drug-likeness (QED) is 0.479. The third kappa shape index (κ3) is 5.23. The van der Waals surface area contributed by atoms with Crippen molar-refractivity contribution in [3.8, 4) is 0 Å². The Kier molecular flexibility index (Phi) is 7.08. The molecule has 1 aromatic carbocycles. The van der Waals surface area contributed by atoms with Crippen molar-refractivity contribution in [2.75, 3.05) is 6.54 Å². The number of carboxylic acids is 1. The summed E-state index contributed by atoms with van der Waals surface area (Å²) in [6.45, 7) is 1.80. The van der Waals surface area contributed by atoms with Crippen molar-refractivity contribution in [1.82, 2.24) is 25.5 Å². The van der Waals surface area contributed by atoms with Gasteiger partial charge in [0.1, 0.15) is 24.1 Å². The molecular weight excluding hydrogens is 418 g/mol. The summed E-state index contributed by atoms with van der Waals surface area (Å²) in [5, 5.41) is 13.8. The molecule has 0 aliphatic carbocycles. The molecule has 3 N–H and O–H groups in total. The normalized spacial score (nSPS) is 17.4. The Labute approximate surface area is 183 Å². The first kappa shape index (κ1) is 22.8. The Balaban J connectivity index is 1.64. The Morgan fingerprint density at radius 2 is 1.94 bits per heavy atom. The van der Waals surface area contributed by atoms with E-state index in [4.69, 9.17) is 5.11 Å². The van der Waals surface area contributed by atoms with Gasteiger partial charge in [0.05, 0.1) is 29.7 Å². The summed E-state index contributed by atoms with van der Waals surface area (Å²) in [7, 11) is 0. The lowest BCUT2D eigenvalue weighted by molar-refractivity contribution is -0.141. The van der Waals surface area contributed by atoms with Crippen LogP contribution < -0.4 is 10.6 Å². The second kappa shape index (κ2) is 9.94. The predicted octanol–water partition coefficient (Wildman–Crippen LogP) is -0.102. The number of carbonyl (C=O) groups excluding carboxylic acids is 4. The van der Waals surface area contributed by atoms with Crippen molar-refractivity contribution in [2.24, 2.45) is 0 Å². The molecule has 0 radical (unpaired) electrons. The molecule has 2 unspecified atom stereocenters. The minimum Gasteiger partial charge on any atom is -0.481 e. The SMILES string of the molecule is CC(NC(=O)c1cnc2ccccc2n1)C(=O)N1CCCC1C(=O)N[C@H](C=O)CC(=O)O. The number of amides is 3. The average molecular weight is 441 g/mol. The molecule has 3 atom stereocenters. The number of benzene rings is 1. The highest BCUT2D eigenvalue weighted by molar-refractivity contribution is 5.98. The lowest BCUT2D eigenvalue weighted by atomic mass is 10.1. The van der Waals surface area contributed by atoms with Gasteiger partial charge in [0.15, 0.2) is 0 Å². The second-order valence-electron chi connectivity index (χ2n) is 7.48. The van der Waals surface area contributed by atoms with Gasteiger partial charge in [-0.25, -0.2) is 4.98 Å². The lowest BCUT2D eigenvalue weighted by Gasteiger charge is -2.27. The Morgan fingerprint density at radius 3 is 2.62 bits per heavy atom. The molecule has 168 valence electrons. The molecule has 2 aromatic rings. The van der Waals surface area contributed by atoms with Crippen LogP contribution in [0.5, 0.6) is 0 Å². The standard InChI is InChI=1S/C21H23N5O6/c1-12(23-19(30)16-10-22-14-5-2-3-6-15(14)25-16)21(32)26-8-4-7-17(26)20(31)24-13(11-27)9-18(28)29/h2-3,5-6,10-13,17H,4,7-9H2,1H3,(H,23,30)(H,24,31)(H,28,29)/t12?,13-,17?/m0/s1. The summed E-state index contributed by atoms with van der Waals surface area (Å²) >= 11 is 0. The number of rotatable bonds is 8. The van der Waals surface area contributed by atoms with E-state index in [2.05, 4.69) is 20.6 Å². The number of likely N-dealkylation sites (tertiary alicyclic amines) is 1. The summed E-state index contributed by atoms with van der Waals surface area (Å²) < 4.78 is 0. The molecule has 32 heavy (non-hydrogen) atoms. The van der Waals surface area contributed by atoms with E-state index in [0.717, 1.165) is 0 Å². The van der Waals surface area contributed by atoms with E-state index >= 15 is 0 Å². The van der Waals surface area contributed by atoms with Crippen molar-refractivity contribution < 1.29 is 29.1 Å². The number of nitrogens with one attached hydrogen (secondary N) is 2. The number of nitrogens with zero attached hydrogens (tertiary/aromatic N) is 3. The fourth-order valence-electron chi connectivity index (χ4n) is 3.55. The van der Waals surface area contributed by atoms with E-state index in [1.165, 1.54) is 18.0 Å². The van der Waals surface area contributed by atoms with Crippen LogP contribution in [0.15, 0.2) is 30.5 Å². The van der Waals surface area contributed by atoms with Gasteiger partial charge >= 0.3 is 5.97 Å². The van der Waals surface area contributed by atoms with E-state index in [1.807, 2.05) is 0 Å². The van der Waals surface area contributed by atoms with Crippen molar-refractivity contribution in [2.45, 2.75) is 44.3 Å². The number of aromatic nitrogens is 2. The van der Waals surface area contributed by atoms with Crippen molar-refractivity contribution in [3.63, 3.8) is 0 Å². The van der Waals surface area contributed by atoms with Crippen LogP contribution in [-0.2, 0) is 19.2 Å². The fourth-order valence-corrected chi connectivity index (χ4v) is 3.55. The fraction of sp³-hybridized carbons (Fsp3) is 0.381. The lowest BCUT2D eigenvalue weighted by Crippen LogP contribution is -2.54. The maximum atomic E-state index is 12.9. The van der Waals surface area contributed by atoms with Gasteiger partial charge in [-0.3, -0.25) is 24.2 Å². The van der Waals surface area contributed by atoms with Crippen LogP contribution in [0.2, 0.25) is 0 Å².